The number of rotatable bonds is 5. The van der Waals surface area contributed by atoms with Gasteiger partial charge in [-0.25, -0.2) is 0 Å². The van der Waals surface area contributed by atoms with Gasteiger partial charge in [-0.2, -0.15) is 0 Å². The molecule has 2 aliphatic rings. The zero-order chi connectivity index (χ0) is 32.4. The number of allylic oxidation sites excluding steroid dienone is 2. The number of benzene rings is 4. The van der Waals surface area contributed by atoms with Gasteiger partial charge in [0, 0.05) is 0 Å². The van der Waals surface area contributed by atoms with Crippen LogP contribution in [0.4, 0.5) is 0 Å². The van der Waals surface area contributed by atoms with Crippen LogP contribution >= 0.6 is 0 Å². The maximum atomic E-state index is 2.85. The summed E-state index contributed by atoms with van der Waals surface area (Å²) in [5, 5.41) is 0. The van der Waals surface area contributed by atoms with Crippen molar-refractivity contribution in [2.75, 3.05) is 0 Å². The van der Waals surface area contributed by atoms with Crippen molar-refractivity contribution >= 4 is 17.6 Å². The molecule has 0 bridgehead atoms. The molecule has 0 amide bonds. The van der Waals surface area contributed by atoms with E-state index in [1.807, 2.05) is 0 Å². The Morgan fingerprint density at radius 2 is 0.956 bits per heavy atom. The standard InChI is InChI=1S/2C19H19.C3H8Si.2CH3.Hf/c2*1-19(2,3)16-12-10-15(11-13-16)18-9-5-7-14-6-4-8-17(14)18;1-3-4-2;;;/h2*4-13H,1-3H3;3H2,1-2H3;2*1H3;. The topological polar surface area (TPSA) is 0 Å². The first-order chi connectivity index (χ1) is 21.1. The van der Waals surface area contributed by atoms with Crippen molar-refractivity contribution in [1.82, 2.24) is 0 Å². The Bertz CT molecular complexity index is 1770. The van der Waals surface area contributed by atoms with E-state index in [1.54, 1.807) is 11.1 Å². The van der Waals surface area contributed by atoms with Crippen LogP contribution in [0.3, 0.4) is 0 Å². The van der Waals surface area contributed by atoms with E-state index < -0.39 is 22.6 Å². The minimum atomic E-state index is -3.77. The normalized spacial score (nSPS) is 17.8. The van der Waals surface area contributed by atoms with Crippen molar-refractivity contribution in [2.45, 2.75) is 88.6 Å². The van der Waals surface area contributed by atoms with Crippen LogP contribution in [0.25, 0.3) is 34.4 Å². The average Bonchev–Trinajstić information content (AvgIpc) is 3.66. The van der Waals surface area contributed by atoms with Gasteiger partial charge < -0.3 is 0 Å². The fourth-order valence-corrected chi connectivity index (χ4v) is 53.1. The van der Waals surface area contributed by atoms with Crippen LogP contribution in [-0.2, 0) is 28.0 Å². The Balaban J connectivity index is 1.45. The molecule has 0 spiro atoms. The molecule has 0 nitrogen and oxygen atoms in total. The Hall–Kier alpha value is -2.55. The van der Waals surface area contributed by atoms with Gasteiger partial charge in [-0.1, -0.05) is 0 Å². The Morgan fingerprint density at radius 3 is 1.29 bits per heavy atom. The first-order valence-corrected chi connectivity index (χ1v) is 35.9. The van der Waals surface area contributed by atoms with E-state index in [4.69, 9.17) is 0 Å². The van der Waals surface area contributed by atoms with E-state index in [-0.39, 0.29) is 10.8 Å². The molecule has 0 saturated heterocycles. The first-order valence-electron chi connectivity index (χ1n) is 17.0. The van der Waals surface area contributed by atoms with Gasteiger partial charge in [-0.15, -0.1) is 0 Å². The van der Waals surface area contributed by atoms with E-state index >= 15 is 0 Å². The van der Waals surface area contributed by atoms with Crippen LogP contribution in [-0.4, -0.2) is 5.49 Å². The summed E-state index contributed by atoms with van der Waals surface area (Å²) in [6, 6.07) is 34.3. The fourth-order valence-electron chi connectivity index (χ4n) is 8.31. The SMILES string of the molecule is CC[Si](C)=[Hf]([CH3])([CH3])([CH]1C=Cc2c(-c3ccc(C(C)(C)C)cc3)cccc21)[CH]1C=Cc2c(-c3ccc(C(C)(C)C)cc3)cccc21. The van der Waals surface area contributed by atoms with Gasteiger partial charge in [0.2, 0.25) is 0 Å². The summed E-state index contributed by atoms with van der Waals surface area (Å²) < 4.78 is 6.80. The van der Waals surface area contributed by atoms with Gasteiger partial charge in [0.05, 0.1) is 0 Å². The van der Waals surface area contributed by atoms with Crippen LogP contribution in [0.15, 0.2) is 97.1 Å². The molecule has 4 aromatic rings. The van der Waals surface area contributed by atoms with Gasteiger partial charge >= 0.3 is 276 Å². The molecule has 0 aliphatic heterocycles. The van der Waals surface area contributed by atoms with E-state index in [0.717, 1.165) is 0 Å². The Kier molecular flexibility index (Phi) is 8.14. The predicted octanol–water partition coefficient (Wildman–Crippen LogP) is 12.9. The van der Waals surface area contributed by atoms with Gasteiger partial charge in [0.25, 0.3) is 0 Å². The molecule has 0 radical (unpaired) electrons. The summed E-state index contributed by atoms with van der Waals surface area (Å²) in [5.74, 6) is 0. The minimum absolute atomic E-state index is 0.161. The van der Waals surface area contributed by atoms with Crippen molar-refractivity contribution in [3.05, 3.63) is 130 Å². The van der Waals surface area contributed by atoms with E-state index in [1.165, 1.54) is 50.6 Å². The fraction of sp³-hybridized carbons (Fsp3) is 0.349. The van der Waals surface area contributed by atoms with E-state index in [9.17, 15) is 0 Å². The van der Waals surface area contributed by atoms with Gasteiger partial charge in [0.1, 0.15) is 0 Å². The molecular weight excluding hydrogens is 723 g/mol. The molecule has 0 fully saturated rings. The Labute approximate surface area is 274 Å². The Morgan fingerprint density at radius 1 is 0.578 bits per heavy atom. The van der Waals surface area contributed by atoms with Crippen molar-refractivity contribution in [1.29, 1.82) is 0 Å². The van der Waals surface area contributed by atoms with E-state index in [2.05, 4.69) is 174 Å². The molecule has 2 atom stereocenters. The summed E-state index contributed by atoms with van der Waals surface area (Å²) in [6.07, 6.45) is 10.3. The molecule has 4 aromatic carbocycles. The molecule has 45 heavy (non-hydrogen) atoms. The second-order valence-corrected chi connectivity index (χ2v) is 64.3. The first kappa shape index (κ1) is 32.4. The molecule has 0 N–H and O–H groups in total. The van der Waals surface area contributed by atoms with Crippen LogP contribution in [0.5, 0.6) is 0 Å². The summed E-state index contributed by atoms with van der Waals surface area (Å²) in [4.78, 5) is 0. The summed E-state index contributed by atoms with van der Waals surface area (Å²) in [7, 11) is 0. The number of hydrogen-bond donors (Lipinski definition) is 0. The molecule has 0 saturated carbocycles. The molecular formula is C43H52HfSi. The van der Waals surface area contributed by atoms with Gasteiger partial charge in [-0.05, 0) is 0 Å². The number of fused-ring (bicyclic) bond motifs is 2. The van der Waals surface area contributed by atoms with Crippen molar-refractivity contribution in [2.24, 2.45) is 0 Å². The molecule has 2 unspecified atom stereocenters. The molecule has 0 heterocycles. The van der Waals surface area contributed by atoms with E-state index in [0.29, 0.717) is 7.35 Å². The molecule has 0 aromatic heterocycles. The second kappa shape index (κ2) is 11.3. The monoisotopic (exact) mass is 776 g/mol. The van der Waals surface area contributed by atoms with Crippen LogP contribution in [0, 0.1) is 0 Å². The van der Waals surface area contributed by atoms with Crippen molar-refractivity contribution in [3.8, 4) is 22.3 Å². The average molecular weight is 775 g/mol. The van der Waals surface area contributed by atoms with Crippen LogP contribution in [0.2, 0.25) is 22.0 Å². The zero-order valence-electron chi connectivity index (χ0n) is 29.3. The quantitative estimate of drug-likeness (QED) is 0.177. The number of hydrogen-bond acceptors (Lipinski definition) is 0. The van der Waals surface area contributed by atoms with Crippen LogP contribution in [0.1, 0.15) is 89.2 Å². The second-order valence-electron chi connectivity index (χ2n) is 16.7. The van der Waals surface area contributed by atoms with Crippen LogP contribution < -0.4 is 0 Å². The van der Waals surface area contributed by atoms with Crippen molar-refractivity contribution < 1.29 is 17.1 Å². The third kappa shape index (κ3) is 5.38. The molecule has 6 rings (SSSR count). The molecule has 2 heteroatoms. The predicted molar refractivity (Wildman–Crippen MR) is 199 cm³/mol. The zero-order valence-corrected chi connectivity index (χ0v) is 33.8. The molecule has 232 valence electrons. The summed E-state index contributed by atoms with van der Waals surface area (Å²) in [5.41, 5.74) is 14.0. The summed E-state index contributed by atoms with van der Waals surface area (Å²) >= 11 is -3.77. The van der Waals surface area contributed by atoms with Crippen molar-refractivity contribution in [3.63, 3.8) is 0 Å². The maximum absolute atomic E-state index is 3.77. The third-order valence-corrected chi connectivity index (χ3v) is 70.8. The third-order valence-electron chi connectivity index (χ3n) is 11.8. The van der Waals surface area contributed by atoms with Gasteiger partial charge in [-0.3, -0.25) is 0 Å². The summed E-state index contributed by atoms with van der Waals surface area (Å²) in [6.45, 7) is 18.9. The van der Waals surface area contributed by atoms with Gasteiger partial charge in [0.15, 0.2) is 0 Å². The molecule has 2 aliphatic carbocycles.